The maximum Gasteiger partial charge on any atom is 0.141 e. The number of carbonyl (C=O) groups is 1. The van der Waals surface area contributed by atoms with Gasteiger partial charge in [0.2, 0.25) is 0 Å². The Morgan fingerprint density at radius 1 is 1.62 bits per heavy atom. The molecule has 0 heterocycles. The van der Waals surface area contributed by atoms with Crippen LogP contribution in [0.1, 0.15) is 13.3 Å². The fraction of sp³-hybridized carbons (Fsp3) is 0.455. The molecule has 0 aromatic rings. The molecule has 2 aliphatic rings. The van der Waals surface area contributed by atoms with E-state index in [4.69, 9.17) is 5.26 Å². The van der Waals surface area contributed by atoms with Gasteiger partial charge in [0, 0.05) is 11.3 Å². The first-order valence-corrected chi connectivity index (χ1v) is 4.51. The number of aldehydes is 1. The zero-order valence-corrected chi connectivity index (χ0v) is 7.53. The maximum atomic E-state index is 11.0. The number of nitriles is 1. The summed E-state index contributed by atoms with van der Waals surface area (Å²) in [5, 5.41) is 9.03. The smallest absolute Gasteiger partial charge is 0.141 e. The van der Waals surface area contributed by atoms with Gasteiger partial charge in [0.15, 0.2) is 0 Å². The molecule has 3 atom stereocenters. The van der Waals surface area contributed by atoms with E-state index in [1.807, 2.05) is 31.2 Å². The summed E-state index contributed by atoms with van der Waals surface area (Å²) in [6.07, 6.45) is 9.51. The van der Waals surface area contributed by atoms with E-state index in [-0.39, 0.29) is 11.3 Å². The fourth-order valence-electron chi connectivity index (χ4n) is 2.60. The summed E-state index contributed by atoms with van der Waals surface area (Å²) < 4.78 is 0. The molecule has 0 N–H and O–H groups in total. The van der Waals surface area contributed by atoms with Crippen LogP contribution in [0.25, 0.3) is 0 Å². The standard InChI is InChI=1S/C11H11NO/c1-2-10-6-4-3-5-9(10)11(10,7-12)8-13/h3-6,8-9H,2H2,1H3/t9-,10+,11+/m0/s1. The minimum absolute atomic E-state index is 0.109. The van der Waals surface area contributed by atoms with Gasteiger partial charge in [0.1, 0.15) is 11.7 Å². The van der Waals surface area contributed by atoms with Crippen molar-refractivity contribution in [2.24, 2.45) is 16.7 Å². The molecule has 2 rings (SSSR count). The van der Waals surface area contributed by atoms with Gasteiger partial charge in [-0.2, -0.15) is 5.26 Å². The van der Waals surface area contributed by atoms with Crippen LogP contribution in [0.15, 0.2) is 24.3 Å². The number of hydrogen-bond donors (Lipinski definition) is 0. The van der Waals surface area contributed by atoms with E-state index in [1.54, 1.807) is 0 Å². The van der Waals surface area contributed by atoms with Crippen molar-refractivity contribution in [3.8, 4) is 6.07 Å². The maximum absolute atomic E-state index is 11.0. The Morgan fingerprint density at radius 3 is 2.85 bits per heavy atom. The second-order valence-electron chi connectivity index (χ2n) is 3.71. The molecule has 0 spiro atoms. The third kappa shape index (κ3) is 0.662. The second kappa shape index (κ2) is 2.32. The summed E-state index contributed by atoms with van der Waals surface area (Å²) in [6, 6.07) is 2.17. The van der Waals surface area contributed by atoms with E-state index < -0.39 is 5.41 Å². The molecule has 0 radical (unpaired) electrons. The van der Waals surface area contributed by atoms with E-state index in [2.05, 4.69) is 6.07 Å². The van der Waals surface area contributed by atoms with Crippen molar-refractivity contribution in [1.82, 2.24) is 0 Å². The first-order valence-electron chi connectivity index (χ1n) is 4.51. The van der Waals surface area contributed by atoms with Gasteiger partial charge in [-0.25, -0.2) is 0 Å². The largest absolute Gasteiger partial charge is 0.302 e. The molecule has 0 aliphatic heterocycles. The zero-order chi connectivity index (χ0) is 9.53. The predicted molar refractivity (Wildman–Crippen MR) is 48.6 cm³/mol. The lowest BCUT2D eigenvalue weighted by Crippen LogP contribution is -2.10. The molecule has 2 nitrogen and oxygen atoms in total. The Labute approximate surface area is 77.6 Å². The number of allylic oxidation sites excluding steroid dienone is 4. The molecule has 66 valence electrons. The Balaban J connectivity index is 2.48. The van der Waals surface area contributed by atoms with Crippen LogP contribution in [0.5, 0.6) is 0 Å². The van der Waals surface area contributed by atoms with Crippen LogP contribution in [-0.4, -0.2) is 6.29 Å². The van der Waals surface area contributed by atoms with Crippen LogP contribution in [0.2, 0.25) is 0 Å². The average molecular weight is 173 g/mol. The lowest BCUT2D eigenvalue weighted by Gasteiger charge is -2.10. The summed E-state index contributed by atoms with van der Waals surface area (Å²) in [5.74, 6) is 0.109. The second-order valence-corrected chi connectivity index (χ2v) is 3.71. The molecule has 0 aromatic carbocycles. The van der Waals surface area contributed by atoms with Gasteiger partial charge in [-0.05, 0) is 6.42 Å². The van der Waals surface area contributed by atoms with Gasteiger partial charge in [0.25, 0.3) is 0 Å². The normalized spacial score (nSPS) is 45.1. The summed E-state index contributed by atoms with van der Waals surface area (Å²) >= 11 is 0. The van der Waals surface area contributed by atoms with E-state index in [0.29, 0.717) is 0 Å². The number of carbonyl (C=O) groups excluding carboxylic acids is 1. The van der Waals surface area contributed by atoms with E-state index in [0.717, 1.165) is 12.7 Å². The molecule has 0 unspecified atom stereocenters. The van der Waals surface area contributed by atoms with Crippen molar-refractivity contribution >= 4 is 6.29 Å². The van der Waals surface area contributed by atoms with Crippen molar-refractivity contribution in [1.29, 1.82) is 5.26 Å². The molecule has 0 saturated heterocycles. The summed E-state index contributed by atoms with van der Waals surface area (Å²) in [4.78, 5) is 11.0. The van der Waals surface area contributed by atoms with E-state index in [9.17, 15) is 4.79 Å². The molecule has 0 amide bonds. The summed E-state index contributed by atoms with van der Waals surface area (Å²) in [6.45, 7) is 2.03. The number of nitrogens with zero attached hydrogens (tertiary/aromatic N) is 1. The summed E-state index contributed by atoms with van der Waals surface area (Å²) in [5.41, 5.74) is -0.969. The van der Waals surface area contributed by atoms with Gasteiger partial charge in [-0.15, -0.1) is 0 Å². The lowest BCUT2D eigenvalue weighted by atomic mass is 9.91. The fourth-order valence-corrected chi connectivity index (χ4v) is 2.60. The van der Waals surface area contributed by atoms with Crippen molar-refractivity contribution in [3.63, 3.8) is 0 Å². The van der Waals surface area contributed by atoms with Crippen LogP contribution in [-0.2, 0) is 4.79 Å². The molecule has 13 heavy (non-hydrogen) atoms. The number of fused-ring (bicyclic) bond motifs is 1. The van der Waals surface area contributed by atoms with Crippen molar-refractivity contribution in [2.45, 2.75) is 13.3 Å². The highest BCUT2D eigenvalue weighted by Gasteiger charge is 2.74. The molecule has 1 fully saturated rings. The molecule has 0 bridgehead atoms. The van der Waals surface area contributed by atoms with Crippen molar-refractivity contribution in [3.05, 3.63) is 24.3 Å². The molecule has 0 aromatic heterocycles. The predicted octanol–water partition coefficient (Wildman–Crippen LogP) is 1.85. The van der Waals surface area contributed by atoms with Crippen LogP contribution in [0, 0.1) is 28.1 Å². The molecular weight excluding hydrogens is 162 g/mol. The van der Waals surface area contributed by atoms with Crippen molar-refractivity contribution < 1.29 is 4.79 Å². The third-order valence-corrected chi connectivity index (χ3v) is 3.50. The Kier molecular flexibility index (Phi) is 1.47. The highest BCUT2D eigenvalue weighted by molar-refractivity contribution is 5.76. The van der Waals surface area contributed by atoms with Gasteiger partial charge in [-0.3, -0.25) is 0 Å². The average Bonchev–Trinajstić information content (AvgIpc) is 2.81. The first-order chi connectivity index (χ1) is 6.27. The first kappa shape index (κ1) is 8.25. The van der Waals surface area contributed by atoms with Gasteiger partial charge < -0.3 is 4.79 Å². The molecule has 2 heteroatoms. The number of hydrogen-bond acceptors (Lipinski definition) is 2. The monoisotopic (exact) mass is 173 g/mol. The molecule has 2 aliphatic carbocycles. The zero-order valence-electron chi connectivity index (χ0n) is 7.53. The van der Waals surface area contributed by atoms with Crippen LogP contribution >= 0.6 is 0 Å². The minimum atomic E-state index is -0.773. The highest BCUT2D eigenvalue weighted by atomic mass is 16.1. The molecule has 1 saturated carbocycles. The Morgan fingerprint density at radius 2 is 2.38 bits per heavy atom. The molecular formula is C11H11NO. The van der Waals surface area contributed by atoms with E-state index >= 15 is 0 Å². The number of rotatable bonds is 2. The van der Waals surface area contributed by atoms with Gasteiger partial charge in [0.05, 0.1) is 6.07 Å². The topological polar surface area (TPSA) is 40.9 Å². The quantitative estimate of drug-likeness (QED) is 0.598. The van der Waals surface area contributed by atoms with E-state index in [1.165, 1.54) is 0 Å². The van der Waals surface area contributed by atoms with Crippen LogP contribution in [0.4, 0.5) is 0 Å². The SMILES string of the molecule is CC[C@@]12C=CC=C[C@@H]1[C@@]2(C#N)C=O. The Bertz CT molecular complexity index is 350. The third-order valence-electron chi connectivity index (χ3n) is 3.50. The summed E-state index contributed by atoms with van der Waals surface area (Å²) in [7, 11) is 0. The van der Waals surface area contributed by atoms with Crippen LogP contribution < -0.4 is 0 Å². The van der Waals surface area contributed by atoms with Crippen LogP contribution in [0.3, 0.4) is 0 Å². The van der Waals surface area contributed by atoms with Gasteiger partial charge >= 0.3 is 0 Å². The lowest BCUT2D eigenvalue weighted by molar-refractivity contribution is -0.111. The van der Waals surface area contributed by atoms with Crippen molar-refractivity contribution in [2.75, 3.05) is 0 Å². The minimum Gasteiger partial charge on any atom is -0.302 e. The highest BCUT2D eigenvalue weighted by Crippen LogP contribution is 2.72. The van der Waals surface area contributed by atoms with Gasteiger partial charge in [-0.1, -0.05) is 31.2 Å². The Hall–Kier alpha value is -1.36.